The van der Waals surface area contributed by atoms with Gasteiger partial charge in [0.2, 0.25) is 17.8 Å². The van der Waals surface area contributed by atoms with Gasteiger partial charge in [-0.05, 0) is 36.8 Å². The molecule has 2 heterocycles. The Morgan fingerprint density at radius 3 is 2.55 bits per heavy atom. The van der Waals surface area contributed by atoms with Crippen LogP contribution in [0.4, 0.5) is 23.1 Å². The fraction of sp³-hybridized carbons (Fsp3) is 0.217. The molecule has 2 amide bonds. The average Bonchev–Trinajstić information content (AvgIpc) is 2.78. The average molecular weight is 449 g/mol. The van der Waals surface area contributed by atoms with Crippen molar-refractivity contribution in [3.8, 4) is 11.5 Å². The lowest BCUT2D eigenvalue weighted by molar-refractivity contribution is -0.123. The van der Waals surface area contributed by atoms with E-state index in [1.807, 2.05) is 13.0 Å². The molecule has 2 aromatic carbocycles. The lowest BCUT2D eigenvalue weighted by Crippen LogP contribution is -2.36. The van der Waals surface area contributed by atoms with Crippen molar-refractivity contribution in [1.29, 1.82) is 0 Å². The summed E-state index contributed by atoms with van der Waals surface area (Å²) in [5.74, 6) is -0.790. The van der Waals surface area contributed by atoms with Gasteiger partial charge in [-0.1, -0.05) is 18.2 Å². The molecular weight excluding hydrogens is 426 g/mol. The fourth-order valence-corrected chi connectivity index (χ4v) is 3.67. The molecule has 0 radical (unpaired) electrons. The van der Waals surface area contributed by atoms with E-state index in [2.05, 4.69) is 25.9 Å². The third-order valence-corrected chi connectivity index (χ3v) is 5.24. The molecule has 0 fully saturated rings. The molecule has 0 aliphatic carbocycles. The first-order chi connectivity index (χ1) is 15.9. The number of amides is 2. The standard InChI is InChI=1S/C23H23N5O5/c1-12-8-9-17(33-3)15(10-12)24-21(30)13-11-18(29)26-20-19(13)22(31)28-23(27-20)25-14-6-4-5-7-16(14)32-2/h4-10,13H,11H2,1-3H3,(H,24,30)(H3,25,26,27,28,29,31)/t13-/m0/s1. The predicted octanol–water partition coefficient (Wildman–Crippen LogP) is 2.90. The molecule has 170 valence electrons. The Morgan fingerprint density at radius 2 is 1.79 bits per heavy atom. The number of nitrogens with one attached hydrogen (secondary N) is 4. The van der Waals surface area contributed by atoms with Gasteiger partial charge in [-0.15, -0.1) is 0 Å². The Bertz CT molecular complexity index is 1290. The Labute approximate surface area is 189 Å². The largest absolute Gasteiger partial charge is 0.495 e. The zero-order valence-corrected chi connectivity index (χ0v) is 18.3. The predicted molar refractivity (Wildman–Crippen MR) is 123 cm³/mol. The Kier molecular flexibility index (Phi) is 5.99. The molecule has 33 heavy (non-hydrogen) atoms. The van der Waals surface area contributed by atoms with Gasteiger partial charge in [-0.3, -0.25) is 19.4 Å². The van der Waals surface area contributed by atoms with E-state index in [9.17, 15) is 14.4 Å². The normalized spacial score (nSPS) is 14.6. The first-order valence-corrected chi connectivity index (χ1v) is 10.2. The SMILES string of the molecule is COc1ccc(C)cc1NC(=O)[C@H]1CC(=O)Nc2nc(Nc3ccccc3OC)[nH]c(=O)c21. The highest BCUT2D eigenvalue weighted by Gasteiger charge is 2.35. The smallest absolute Gasteiger partial charge is 0.258 e. The van der Waals surface area contributed by atoms with Crippen LogP contribution in [0.5, 0.6) is 11.5 Å². The molecule has 0 saturated heterocycles. The molecule has 0 saturated carbocycles. The Balaban J connectivity index is 1.66. The molecule has 4 rings (SSSR count). The van der Waals surface area contributed by atoms with Crippen molar-refractivity contribution in [3.63, 3.8) is 0 Å². The number of ether oxygens (including phenoxy) is 2. The summed E-state index contributed by atoms with van der Waals surface area (Å²) in [6, 6.07) is 12.4. The second kappa shape index (κ2) is 9.03. The maximum absolute atomic E-state index is 13.1. The van der Waals surface area contributed by atoms with Crippen LogP contribution in [0.2, 0.25) is 0 Å². The number of rotatable bonds is 6. The topological polar surface area (TPSA) is 134 Å². The van der Waals surface area contributed by atoms with Gasteiger partial charge in [0.15, 0.2) is 0 Å². The van der Waals surface area contributed by atoms with Crippen molar-refractivity contribution in [2.24, 2.45) is 0 Å². The molecule has 10 heteroatoms. The molecule has 1 atom stereocenters. The van der Waals surface area contributed by atoms with Gasteiger partial charge in [0.25, 0.3) is 5.56 Å². The van der Waals surface area contributed by atoms with Crippen LogP contribution in [-0.2, 0) is 9.59 Å². The molecule has 0 spiro atoms. The summed E-state index contributed by atoms with van der Waals surface area (Å²) in [7, 11) is 3.02. The summed E-state index contributed by atoms with van der Waals surface area (Å²) in [6.07, 6.45) is -0.184. The number of methoxy groups -OCH3 is 2. The van der Waals surface area contributed by atoms with Gasteiger partial charge < -0.3 is 25.4 Å². The summed E-state index contributed by atoms with van der Waals surface area (Å²) in [5.41, 5.74) is 1.50. The van der Waals surface area contributed by atoms with Crippen molar-refractivity contribution in [1.82, 2.24) is 9.97 Å². The summed E-state index contributed by atoms with van der Waals surface area (Å²) in [6.45, 7) is 1.88. The van der Waals surface area contributed by atoms with Crippen LogP contribution in [-0.4, -0.2) is 36.0 Å². The number of fused-ring (bicyclic) bond motifs is 1. The molecule has 0 bridgehead atoms. The maximum Gasteiger partial charge on any atom is 0.258 e. The number of aromatic amines is 1. The van der Waals surface area contributed by atoms with E-state index in [0.29, 0.717) is 22.9 Å². The number of carbonyl (C=O) groups excluding carboxylic acids is 2. The van der Waals surface area contributed by atoms with E-state index in [-0.39, 0.29) is 23.8 Å². The van der Waals surface area contributed by atoms with Crippen LogP contribution in [0.15, 0.2) is 47.3 Å². The summed E-state index contributed by atoms with van der Waals surface area (Å²) < 4.78 is 10.6. The zero-order chi connectivity index (χ0) is 23.5. The van der Waals surface area contributed by atoms with Crippen LogP contribution in [0.1, 0.15) is 23.5 Å². The highest BCUT2D eigenvalue weighted by Crippen LogP contribution is 2.33. The number of para-hydroxylation sites is 2. The monoisotopic (exact) mass is 449 g/mol. The highest BCUT2D eigenvalue weighted by atomic mass is 16.5. The van der Waals surface area contributed by atoms with Crippen molar-refractivity contribution < 1.29 is 19.1 Å². The number of anilines is 4. The molecular formula is C23H23N5O5. The Hall–Kier alpha value is -4.34. The molecule has 10 nitrogen and oxygen atoms in total. The van der Waals surface area contributed by atoms with Crippen molar-refractivity contribution in [3.05, 3.63) is 63.9 Å². The van der Waals surface area contributed by atoms with Crippen LogP contribution in [0.3, 0.4) is 0 Å². The first-order valence-electron chi connectivity index (χ1n) is 10.2. The molecule has 1 aliphatic heterocycles. The van der Waals surface area contributed by atoms with Gasteiger partial charge in [0.05, 0.1) is 37.1 Å². The minimum absolute atomic E-state index is 0.0313. The minimum atomic E-state index is -1.02. The van der Waals surface area contributed by atoms with Crippen LogP contribution in [0, 0.1) is 6.92 Å². The van der Waals surface area contributed by atoms with E-state index >= 15 is 0 Å². The number of H-pyrrole nitrogens is 1. The molecule has 4 N–H and O–H groups in total. The fourth-order valence-electron chi connectivity index (χ4n) is 3.67. The van der Waals surface area contributed by atoms with E-state index in [1.54, 1.807) is 36.4 Å². The maximum atomic E-state index is 13.1. The van der Waals surface area contributed by atoms with Gasteiger partial charge in [-0.2, -0.15) is 4.98 Å². The number of aryl methyl sites for hydroxylation is 1. The third kappa shape index (κ3) is 4.49. The van der Waals surface area contributed by atoms with E-state index < -0.39 is 23.3 Å². The van der Waals surface area contributed by atoms with Crippen molar-refractivity contribution in [2.75, 3.05) is 30.2 Å². The number of hydrogen-bond acceptors (Lipinski definition) is 7. The number of carbonyl (C=O) groups is 2. The Morgan fingerprint density at radius 1 is 1.06 bits per heavy atom. The van der Waals surface area contributed by atoms with Gasteiger partial charge in [0, 0.05) is 6.42 Å². The molecule has 3 aromatic rings. The van der Waals surface area contributed by atoms with Crippen LogP contribution in [0.25, 0.3) is 0 Å². The van der Waals surface area contributed by atoms with Gasteiger partial charge in [0.1, 0.15) is 17.3 Å². The summed E-state index contributed by atoms with van der Waals surface area (Å²) in [5, 5.41) is 8.34. The molecule has 1 aromatic heterocycles. The van der Waals surface area contributed by atoms with E-state index in [4.69, 9.17) is 9.47 Å². The number of nitrogens with zero attached hydrogens (tertiary/aromatic N) is 1. The van der Waals surface area contributed by atoms with Gasteiger partial charge in [-0.25, -0.2) is 0 Å². The van der Waals surface area contributed by atoms with Crippen LogP contribution >= 0.6 is 0 Å². The highest BCUT2D eigenvalue weighted by molar-refractivity contribution is 6.05. The quantitative estimate of drug-likeness (QED) is 0.454. The van der Waals surface area contributed by atoms with Gasteiger partial charge >= 0.3 is 0 Å². The molecule has 1 aliphatic rings. The number of aromatic nitrogens is 2. The zero-order valence-electron chi connectivity index (χ0n) is 18.3. The molecule has 0 unspecified atom stereocenters. The lowest BCUT2D eigenvalue weighted by Gasteiger charge is -2.24. The number of benzene rings is 2. The summed E-state index contributed by atoms with van der Waals surface area (Å²) >= 11 is 0. The second-order valence-corrected chi connectivity index (χ2v) is 7.50. The number of hydrogen-bond donors (Lipinski definition) is 4. The first kappa shape index (κ1) is 21.9. The van der Waals surface area contributed by atoms with Crippen LogP contribution < -0.4 is 31.0 Å². The van der Waals surface area contributed by atoms with Crippen molar-refractivity contribution in [2.45, 2.75) is 19.3 Å². The third-order valence-electron chi connectivity index (χ3n) is 5.24. The minimum Gasteiger partial charge on any atom is -0.495 e. The van der Waals surface area contributed by atoms with Crippen molar-refractivity contribution >= 4 is 35.0 Å². The second-order valence-electron chi connectivity index (χ2n) is 7.50. The van der Waals surface area contributed by atoms with E-state index in [1.165, 1.54) is 14.2 Å². The van der Waals surface area contributed by atoms with E-state index in [0.717, 1.165) is 5.56 Å². The summed E-state index contributed by atoms with van der Waals surface area (Å²) in [4.78, 5) is 45.4. The lowest BCUT2D eigenvalue weighted by atomic mass is 9.92.